The van der Waals surface area contributed by atoms with Crippen molar-refractivity contribution in [1.29, 1.82) is 0 Å². The second-order valence-electron chi connectivity index (χ2n) is 3.32. The first-order chi connectivity index (χ1) is 7.72. The zero-order valence-corrected chi connectivity index (χ0v) is 9.08. The summed E-state index contributed by atoms with van der Waals surface area (Å²) in [5.74, 6) is -0.360. The molecule has 4 heteroatoms. The number of halogens is 2. The van der Waals surface area contributed by atoms with Gasteiger partial charge in [-0.3, -0.25) is 0 Å². The highest BCUT2D eigenvalue weighted by molar-refractivity contribution is 6.32. The maximum absolute atomic E-state index is 13.5. The first kappa shape index (κ1) is 11.0. The molecule has 0 fully saturated rings. The molecule has 0 aliphatic rings. The standard InChI is InChI=1S/C12H9ClFNO/c13-12-10(5-8(7-16)6-15-12)9-3-1-2-4-11(9)14/h1-6,16H,7H2. The Bertz CT molecular complexity index is 516. The Morgan fingerprint density at radius 3 is 2.69 bits per heavy atom. The predicted molar refractivity (Wildman–Crippen MR) is 60.6 cm³/mol. The highest BCUT2D eigenvalue weighted by atomic mass is 35.5. The van der Waals surface area contributed by atoms with E-state index in [9.17, 15) is 4.39 Å². The predicted octanol–water partition coefficient (Wildman–Crippen LogP) is 3.03. The van der Waals surface area contributed by atoms with Gasteiger partial charge in [0.05, 0.1) is 6.61 Å². The van der Waals surface area contributed by atoms with Gasteiger partial charge in [-0.15, -0.1) is 0 Å². The zero-order valence-electron chi connectivity index (χ0n) is 8.32. The van der Waals surface area contributed by atoms with Crippen LogP contribution in [0.2, 0.25) is 5.15 Å². The lowest BCUT2D eigenvalue weighted by atomic mass is 10.1. The van der Waals surface area contributed by atoms with Crippen LogP contribution < -0.4 is 0 Å². The minimum atomic E-state index is -0.360. The van der Waals surface area contributed by atoms with E-state index in [0.717, 1.165) is 0 Å². The quantitative estimate of drug-likeness (QED) is 0.815. The van der Waals surface area contributed by atoms with Gasteiger partial charge in [-0.1, -0.05) is 29.8 Å². The molecule has 1 aromatic carbocycles. The van der Waals surface area contributed by atoms with Crippen LogP contribution in [0.3, 0.4) is 0 Å². The van der Waals surface area contributed by atoms with Crippen LogP contribution in [0.1, 0.15) is 5.56 Å². The summed E-state index contributed by atoms with van der Waals surface area (Å²) in [7, 11) is 0. The summed E-state index contributed by atoms with van der Waals surface area (Å²) < 4.78 is 13.5. The molecule has 0 unspecified atom stereocenters. The van der Waals surface area contributed by atoms with Crippen LogP contribution in [0.4, 0.5) is 4.39 Å². The summed E-state index contributed by atoms with van der Waals surface area (Å²) in [5, 5.41) is 9.22. The lowest BCUT2D eigenvalue weighted by molar-refractivity contribution is 0.281. The van der Waals surface area contributed by atoms with Gasteiger partial charge in [0.15, 0.2) is 0 Å². The van der Waals surface area contributed by atoms with E-state index >= 15 is 0 Å². The van der Waals surface area contributed by atoms with E-state index in [4.69, 9.17) is 16.7 Å². The SMILES string of the molecule is OCc1cnc(Cl)c(-c2ccccc2F)c1. The molecule has 0 saturated heterocycles. The number of aromatic nitrogens is 1. The molecule has 1 N–H and O–H groups in total. The van der Waals surface area contributed by atoms with E-state index in [0.29, 0.717) is 16.7 Å². The van der Waals surface area contributed by atoms with Gasteiger partial charge >= 0.3 is 0 Å². The van der Waals surface area contributed by atoms with Crippen LogP contribution in [0.15, 0.2) is 36.5 Å². The van der Waals surface area contributed by atoms with E-state index in [1.165, 1.54) is 12.3 Å². The molecule has 0 amide bonds. The van der Waals surface area contributed by atoms with E-state index in [2.05, 4.69) is 4.98 Å². The average Bonchev–Trinajstić information content (AvgIpc) is 2.31. The summed E-state index contributed by atoms with van der Waals surface area (Å²) in [4.78, 5) is 3.91. The highest BCUT2D eigenvalue weighted by Crippen LogP contribution is 2.28. The molecule has 0 atom stereocenters. The second kappa shape index (κ2) is 4.60. The Morgan fingerprint density at radius 1 is 1.25 bits per heavy atom. The molecule has 16 heavy (non-hydrogen) atoms. The van der Waals surface area contributed by atoms with Crippen LogP contribution in [0.5, 0.6) is 0 Å². The van der Waals surface area contributed by atoms with Crippen LogP contribution >= 0.6 is 11.6 Å². The van der Waals surface area contributed by atoms with Crippen LogP contribution in [-0.2, 0) is 6.61 Å². The van der Waals surface area contributed by atoms with Crippen molar-refractivity contribution in [2.24, 2.45) is 0 Å². The summed E-state index contributed by atoms with van der Waals surface area (Å²) in [6, 6.07) is 7.95. The Hall–Kier alpha value is -1.45. The van der Waals surface area contributed by atoms with Crippen molar-refractivity contribution in [3.8, 4) is 11.1 Å². The summed E-state index contributed by atoms with van der Waals surface area (Å²) >= 11 is 5.90. The maximum Gasteiger partial charge on any atom is 0.136 e. The third-order valence-electron chi connectivity index (χ3n) is 2.24. The summed E-state index contributed by atoms with van der Waals surface area (Å²) in [6.45, 7) is -0.147. The summed E-state index contributed by atoms with van der Waals surface area (Å²) in [5.41, 5.74) is 1.48. The Morgan fingerprint density at radius 2 is 2.00 bits per heavy atom. The number of pyridine rings is 1. The normalized spacial score (nSPS) is 10.4. The van der Waals surface area contributed by atoms with Gasteiger partial charge in [0.1, 0.15) is 11.0 Å². The number of hydrogen-bond acceptors (Lipinski definition) is 2. The molecule has 1 heterocycles. The topological polar surface area (TPSA) is 33.1 Å². The minimum absolute atomic E-state index is 0.147. The van der Waals surface area contributed by atoms with Crippen molar-refractivity contribution in [3.05, 3.63) is 53.1 Å². The molecule has 0 spiro atoms. The molecule has 0 bridgehead atoms. The van der Waals surface area contributed by atoms with Crippen LogP contribution in [0, 0.1) is 5.82 Å². The Labute approximate surface area is 97.3 Å². The second-order valence-corrected chi connectivity index (χ2v) is 3.68. The van der Waals surface area contributed by atoms with Gasteiger partial charge in [0, 0.05) is 17.3 Å². The molecule has 82 valence electrons. The molecule has 2 rings (SSSR count). The van der Waals surface area contributed by atoms with Gasteiger partial charge in [-0.05, 0) is 17.7 Å². The van der Waals surface area contributed by atoms with Gasteiger partial charge < -0.3 is 5.11 Å². The number of benzene rings is 1. The van der Waals surface area contributed by atoms with Gasteiger partial charge in [-0.25, -0.2) is 9.37 Å². The zero-order chi connectivity index (χ0) is 11.5. The fourth-order valence-electron chi connectivity index (χ4n) is 1.45. The van der Waals surface area contributed by atoms with Gasteiger partial charge in [0.2, 0.25) is 0 Å². The number of aliphatic hydroxyl groups is 1. The number of rotatable bonds is 2. The van der Waals surface area contributed by atoms with Crippen LogP contribution in [0.25, 0.3) is 11.1 Å². The lowest BCUT2D eigenvalue weighted by Crippen LogP contribution is -1.91. The minimum Gasteiger partial charge on any atom is -0.392 e. The average molecular weight is 238 g/mol. The van der Waals surface area contributed by atoms with Crippen molar-refractivity contribution < 1.29 is 9.50 Å². The first-order valence-corrected chi connectivity index (χ1v) is 5.10. The summed E-state index contributed by atoms with van der Waals surface area (Å²) in [6.07, 6.45) is 1.46. The molecule has 0 radical (unpaired) electrons. The molecule has 0 saturated carbocycles. The molecular formula is C12H9ClFNO. The number of aliphatic hydroxyl groups excluding tert-OH is 1. The fourth-order valence-corrected chi connectivity index (χ4v) is 1.65. The molecular weight excluding hydrogens is 229 g/mol. The molecule has 0 aliphatic heterocycles. The molecule has 2 nitrogen and oxygen atoms in total. The van der Waals surface area contributed by atoms with E-state index in [1.807, 2.05) is 0 Å². The highest BCUT2D eigenvalue weighted by Gasteiger charge is 2.09. The number of nitrogens with zero attached hydrogens (tertiary/aromatic N) is 1. The third-order valence-corrected chi connectivity index (χ3v) is 2.54. The molecule has 2 aromatic rings. The van der Waals surface area contributed by atoms with Crippen molar-refractivity contribution in [2.75, 3.05) is 0 Å². The smallest absolute Gasteiger partial charge is 0.136 e. The maximum atomic E-state index is 13.5. The molecule has 1 aromatic heterocycles. The van der Waals surface area contributed by atoms with Crippen molar-refractivity contribution in [3.63, 3.8) is 0 Å². The van der Waals surface area contributed by atoms with Crippen molar-refractivity contribution >= 4 is 11.6 Å². The van der Waals surface area contributed by atoms with Crippen molar-refractivity contribution in [1.82, 2.24) is 4.98 Å². The lowest BCUT2D eigenvalue weighted by Gasteiger charge is -2.06. The van der Waals surface area contributed by atoms with Gasteiger partial charge in [0.25, 0.3) is 0 Å². The molecule has 0 aliphatic carbocycles. The fraction of sp³-hybridized carbons (Fsp3) is 0.0833. The third kappa shape index (κ3) is 2.05. The van der Waals surface area contributed by atoms with E-state index < -0.39 is 0 Å². The van der Waals surface area contributed by atoms with Crippen LogP contribution in [-0.4, -0.2) is 10.1 Å². The Kier molecular flexibility index (Phi) is 3.17. The van der Waals surface area contributed by atoms with E-state index in [1.54, 1.807) is 24.3 Å². The van der Waals surface area contributed by atoms with Crippen molar-refractivity contribution in [2.45, 2.75) is 6.61 Å². The largest absolute Gasteiger partial charge is 0.392 e. The monoisotopic (exact) mass is 237 g/mol. The first-order valence-electron chi connectivity index (χ1n) is 4.72. The Balaban J connectivity index is 2.59. The van der Waals surface area contributed by atoms with E-state index in [-0.39, 0.29) is 17.6 Å². The number of hydrogen-bond donors (Lipinski definition) is 1. The van der Waals surface area contributed by atoms with Gasteiger partial charge in [-0.2, -0.15) is 0 Å².